The lowest BCUT2D eigenvalue weighted by Crippen LogP contribution is -2.61. The van der Waals surface area contributed by atoms with Gasteiger partial charge in [-0.15, -0.1) is 0 Å². The summed E-state index contributed by atoms with van der Waals surface area (Å²) in [5.74, 6) is -3.53. The minimum absolute atomic E-state index is 0.160. The van der Waals surface area contributed by atoms with Crippen LogP contribution in [0.15, 0.2) is 18.2 Å². The quantitative estimate of drug-likeness (QED) is 0.372. The number of fused-ring (bicyclic) bond motifs is 5. The fourth-order valence-electron chi connectivity index (χ4n) is 7.81. The van der Waals surface area contributed by atoms with Crippen LogP contribution in [0.3, 0.4) is 0 Å². The van der Waals surface area contributed by atoms with Crippen LogP contribution in [0.5, 0.6) is 11.6 Å². The molecular formula is C37H50F2N6O9S. The molecule has 0 radical (unpaired) electrons. The number of hydrogen-bond acceptors (Lipinski definition) is 11. The largest absolute Gasteiger partial charge is 0.497 e. The van der Waals surface area contributed by atoms with E-state index in [1.807, 2.05) is 4.72 Å². The summed E-state index contributed by atoms with van der Waals surface area (Å²) in [6, 6.07) is 2.77. The van der Waals surface area contributed by atoms with Gasteiger partial charge in [-0.3, -0.25) is 19.1 Å². The summed E-state index contributed by atoms with van der Waals surface area (Å²) in [5, 5.41) is 5.31. The summed E-state index contributed by atoms with van der Waals surface area (Å²) < 4.78 is 70.7. The molecule has 0 unspecified atom stereocenters. The Hall–Kier alpha value is -4.35. The summed E-state index contributed by atoms with van der Waals surface area (Å²) in [6.07, 6.45) is -0.317. The Kier molecular flexibility index (Phi) is 11.2. The number of amides is 4. The number of halogens is 2. The number of sulfonamides is 1. The van der Waals surface area contributed by atoms with Crippen molar-refractivity contribution in [2.45, 2.75) is 115 Å². The molecule has 1 aromatic carbocycles. The number of carbonyl (C=O) groups excluding carboxylic acids is 4. The summed E-state index contributed by atoms with van der Waals surface area (Å²) in [4.78, 5) is 66.6. The summed E-state index contributed by atoms with van der Waals surface area (Å²) in [7, 11) is -2.59. The second-order valence-corrected chi connectivity index (χ2v) is 18.2. The Morgan fingerprint density at radius 2 is 1.85 bits per heavy atom. The average molecular weight is 793 g/mol. The SMILES string of the molecule is COc1ccc2nc3c(nc2c1)O[C@H]1CN(C(=O)[C@H](C(C)(C)C)NC(=O)O[C@@H]2C[C@H]2CCCCC3)[C@H](C(=O)N[C@]2(C(=O)NS(C)(=O)=O)C[C@H]2CC(F)F)[C@@H]1C. The first-order valence-corrected chi connectivity index (χ1v) is 20.6. The molecule has 1 saturated heterocycles. The standard InChI is InChI=1S/C37H50F2N6O9S/c1-19-27-18-45(29(19)31(46)43-37(17-21(37)15-28(38)39)34(48)44-55(6,50)51)33(47)30(36(2,3)4)42-35(49)54-26-14-20(26)10-8-7-9-11-24-32(53-27)41-25-16-22(52-5)12-13-23(25)40-24/h12-13,16,19-21,26-30H,7-11,14-15,17-18H2,1-6H3,(H,42,49)(H,43,46)(H,44,48)/t19-,20-,21-,26-,27+,29+,30-,37-/m1/s1. The van der Waals surface area contributed by atoms with Gasteiger partial charge >= 0.3 is 6.09 Å². The second-order valence-electron chi connectivity index (χ2n) is 16.5. The van der Waals surface area contributed by atoms with Gasteiger partial charge in [0, 0.05) is 18.4 Å². The van der Waals surface area contributed by atoms with E-state index in [1.165, 1.54) is 12.0 Å². The number of hydrogen-bond donors (Lipinski definition) is 3. The first kappa shape index (κ1) is 40.3. The number of alkyl carbamates (subject to hydrolysis) is 1. The first-order valence-electron chi connectivity index (χ1n) is 18.7. The molecule has 18 heteroatoms. The Balaban J connectivity index is 1.39. The van der Waals surface area contributed by atoms with E-state index in [0.29, 0.717) is 35.3 Å². The third kappa shape index (κ3) is 9.04. The lowest BCUT2D eigenvalue weighted by molar-refractivity contribution is -0.143. The van der Waals surface area contributed by atoms with Crippen molar-refractivity contribution in [1.82, 2.24) is 30.2 Å². The number of alkyl halides is 2. The van der Waals surface area contributed by atoms with E-state index in [9.17, 15) is 36.4 Å². The Morgan fingerprint density at radius 1 is 1.11 bits per heavy atom. The number of nitrogens with zero attached hydrogens (tertiary/aromatic N) is 3. The van der Waals surface area contributed by atoms with Crippen molar-refractivity contribution in [3.05, 3.63) is 23.9 Å². The Morgan fingerprint density at radius 3 is 2.53 bits per heavy atom. The van der Waals surface area contributed by atoms with Crippen molar-refractivity contribution in [3.63, 3.8) is 0 Å². The van der Waals surface area contributed by atoms with Gasteiger partial charge in [-0.2, -0.15) is 0 Å². The molecule has 15 nitrogen and oxygen atoms in total. The van der Waals surface area contributed by atoms with Crippen molar-refractivity contribution in [2.24, 2.45) is 23.2 Å². The molecule has 302 valence electrons. The number of aromatic nitrogens is 2. The normalized spacial score (nSPS) is 30.1. The molecule has 4 aliphatic rings. The summed E-state index contributed by atoms with van der Waals surface area (Å²) >= 11 is 0. The number of benzene rings is 1. The molecule has 3 fully saturated rings. The number of carbonyl (C=O) groups is 4. The van der Waals surface area contributed by atoms with E-state index in [0.717, 1.165) is 31.9 Å². The molecule has 2 aromatic rings. The third-order valence-corrected chi connectivity index (χ3v) is 11.7. The summed E-state index contributed by atoms with van der Waals surface area (Å²) in [6.45, 7) is 6.76. The van der Waals surface area contributed by atoms with Crippen molar-refractivity contribution < 1.29 is 50.6 Å². The molecule has 2 aliphatic heterocycles. The van der Waals surface area contributed by atoms with E-state index in [1.54, 1.807) is 45.9 Å². The van der Waals surface area contributed by atoms with Crippen LogP contribution in [0.4, 0.5) is 13.6 Å². The second kappa shape index (κ2) is 15.3. The number of methoxy groups -OCH3 is 1. The molecule has 8 atom stereocenters. The zero-order valence-corrected chi connectivity index (χ0v) is 32.7. The van der Waals surface area contributed by atoms with Crippen molar-refractivity contribution in [3.8, 4) is 11.6 Å². The highest BCUT2D eigenvalue weighted by atomic mass is 32.2. The molecule has 4 amide bonds. The van der Waals surface area contributed by atoms with E-state index < -0.39 is 87.7 Å². The van der Waals surface area contributed by atoms with Crippen LogP contribution in [0.1, 0.15) is 78.3 Å². The van der Waals surface area contributed by atoms with Gasteiger partial charge in [-0.1, -0.05) is 40.5 Å². The fourth-order valence-corrected chi connectivity index (χ4v) is 8.33. The van der Waals surface area contributed by atoms with E-state index in [-0.39, 0.29) is 30.9 Å². The van der Waals surface area contributed by atoms with Crippen LogP contribution in [0.25, 0.3) is 11.0 Å². The molecule has 2 bridgehead atoms. The van der Waals surface area contributed by atoms with Crippen LogP contribution >= 0.6 is 0 Å². The minimum Gasteiger partial charge on any atom is -0.497 e. The third-order valence-electron chi connectivity index (χ3n) is 11.1. The maximum atomic E-state index is 14.7. The lowest BCUT2D eigenvalue weighted by atomic mass is 9.85. The maximum absolute atomic E-state index is 14.7. The van der Waals surface area contributed by atoms with Crippen LogP contribution in [0, 0.1) is 23.2 Å². The van der Waals surface area contributed by atoms with Gasteiger partial charge in [0.25, 0.3) is 5.91 Å². The zero-order chi connectivity index (χ0) is 40.0. The molecule has 3 heterocycles. The predicted molar refractivity (Wildman–Crippen MR) is 195 cm³/mol. The van der Waals surface area contributed by atoms with Gasteiger partial charge in [-0.25, -0.2) is 32.0 Å². The average Bonchev–Trinajstić information content (AvgIpc) is 3.96. The van der Waals surface area contributed by atoms with E-state index in [4.69, 9.17) is 24.2 Å². The minimum atomic E-state index is -4.12. The van der Waals surface area contributed by atoms with Gasteiger partial charge < -0.3 is 29.7 Å². The van der Waals surface area contributed by atoms with Gasteiger partial charge in [0.05, 0.1) is 30.9 Å². The zero-order valence-electron chi connectivity index (χ0n) is 31.9. The molecule has 55 heavy (non-hydrogen) atoms. The Bertz CT molecular complexity index is 1940. The Labute approximate surface area is 319 Å². The molecule has 2 aliphatic carbocycles. The van der Waals surface area contributed by atoms with Gasteiger partial charge in [0.1, 0.15) is 41.3 Å². The van der Waals surface area contributed by atoms with Gasteiger partial charge in [0.15, 0.2) is 0 Å². The van der Waals surface area contributed by atoms with Crippen LogP contribution < -0.4 is 24.8 Å². The fraction of sp³-hybridized carbons (Fsp3) is 0.676. The smallest absolute Gasteiger partial charge is 0.408 e. The number of rotatable bonds is 7. The van der Waals surface area contributed by atoms with E-state index >= 15 is 0 Å². The highest BCUT2D eigenvalue weighted by Gasteiger charge is 2.63. The number of nitrogens with one attached hydrogen (secondary N) is 3. The molecule has 0 spiro atoms. The van der Waals surface area contributed by atoms with Crippen molar-refractivity contribution in [1.29, 1.82) is 0 Å². The van der Waals surface area contributed by atoms with E-state index in [2.05, 4.69) is 10.6 Å². The highest BCUT2D eigenvalue weighted by Crippen LogP contribution is 2.48. The molecule has 1 aromatic heterocycles. The molecule has 2 saturated carbocycles. The lowest BCUT2D eigenvalue weighted by Gasteiger charge is -2.36. The molecule has 6 rings (SSSR count). The van der Waals surface area contributed by atoms with Crippen molar-refractivity contribution in [2.75, 3.05) is 19.9 Å². The monoisotopic (exact) mass is 792 g/mol. The number of aryl methyl sites for hydroxylation is 1. The molecule has 3 N–H and O–H groups in total. The van der Waals surface area contributed by atoms with Gasteiger partial charge in [-0.05, 0) is 61.5 Å². The van der Waals surface area contributed by atoms with Gasteiger partial charge in [0.2, 0.25) is 34.1 Å². The first-order chi connectivity index (χ1) is 25.8. The topological polar surface area (TPSA) is 195 Å². The summed E-state index contributed by atoms with van der Waals surface area (Å²) in [5.41, 5.74) is -1.12. The predicted octanol–water partition coefficient (Wildman–Crippen LogP) is 3.48. The van der Waals surface area contributed by atoms with Crippen molar-refractivity contribution >= 4 is 44.9 Å². The van der Waals surface area contributed by atoms with Crippen LogP contribution in [-0.4, -0.2) is 103 Å². The van der Waals surface area contributed by atoms with Crippen LogP contribution in [0.2, 0.25) is 0 Å². The highest BCUT2D eigenvalue weighted by molar-refractivity contribution is 7.89. The van der Waals surface area contributed by atoms with Crippen LogP contribution in [-0.2, 0) is 35.6 Å². The maximum Gasteiger partial charge on any atom is 0.408 e. The number of ether oxygens (including phenoxy) is 3. The molecular weight excluding hydrogens is 743 g/mol.